The highest BCUT2D eigenvalue weighted by molar-refractivity contribution is 4.57. The normalized spacial score (nSPS) is 11.6. The van der Waals surface area contributed by atoms with E-state index in [9.17, 15) is 0 Å². The highest BCUT2D eigenvalue weighted by Gasteiger charge is 2.04. The SMILES string of the molecule is CCCCCCCCCCCCN(CCCCCCCCCC)NCCCCC. The molecule has 0 aliphatic carbocycles. The van der Waals surface area contributed by atoms with E-state index in [1.807, 2.05) is 0 Å². The second-order valence-corrected chi connectivity index (χ2v) is 9.26. The van der Waals surface area contributed by atoms with Crippen molar-refractivity contribution in [3.63, 3.8) is 0 Å². The molecule has 0 radical (unpaired) electrons. The van der Waals surface area contributed by atoms with Crippen LogP contribution in [0.4, 0.5) is 0 Å². The Labute approximate surface area is 186 Å². The fraction of sp³-hybridized carbons (Fsp3) is 1.00. The fourth-order valence-corrected chi connectivity index (χ4v) is 4.11. The molecule has 0 bridgehead atoms. The van der Waals surface area contributed by atoms with Gasteiger partial charge in [-0.3, -0.25) is 5.43 Å². The van der Waals surface area contributed by atoms with Crippen LogP contribution in [0.2, 0.25) is 0 Å². The van der Waals surface area contributed by atoms with Gasteiger partial charge in [0.05, 0.1) is 0 Å². The van der Waals surface area contributed by atoms with Crippen LogP contribution in [0.15, 0.2) is 0 Å². The van der Waals surface area contributed by atoms with E-state index in [4.69, 9.17) is 0 Å². The third-order valence-corrected chi connectivity index (χ3v) is 6.18. The highest BCUT2D eigenvalue weighted by Crippen LogP contribution is 2.12. The maximum atomic E-state index is 3.74. The topological polar surface area (TPSA) is 15.3 Å². The molecule has 0 aromatic heterocycles. The molecule has 1 N–H and O–H groups in total. The summed E-state index contributed by atoms with van der Waals surface area (Å²) in [6.07, 6.45) is 29.6. The van der Waals surface area contributed by atoms with E-state index in [0.29, 0.717) is 0 Å². The molecule has 0 rings (SSSR count). The first kappa shape index (κ1) is 28.9. The first-order valence-corrected chi connectivity index (χ1v) is 13.8. The van der Waals surface area contributed by atoms with Gasteiger partial charge in [-0.05, 0) is 19.3 Å². The first-order valence-electron chi connectivity index (χ1n) is 13.8. The standard InChI is InChI=1S/C27H58N2/c1-4-7-10-12-14-16-17-19-21-24-27-29(28-25-22-9-6-3)26-23-20-18-15-13-11-8-5-2/h28H,4-27H2,1-3H3. The minimum absolute atomic E-state index is 1.17. The molecule has 0 unspecified atom stereocenters. The summed E-state index contributed by atoms with van der Waals surface area (Å²) in [5.74, 6) is 0. The van der Waals surface area contributed by atoms with Crippen LogP contribution in [0.3, 0.4) is 0 Å². The molecule has 29 heavy (non-hydrogen) atoms. The average Bonchev–Trinajstić information content (AvgIpc) is 2.73. The predicted octanol–water partition coefficient (Wildman–Crippen LogP) is 9.04. The van der Waals surface area contributed by atoms with Crippen molar-refractivity contribution < 1.29 is 0 Å². The Bertz CT molecular complexity index is 280. The lowest BCUT2D eigenvalue weighted by atomic mass is 10.1. The molecule has 176 valence electrons. The molecular weight excluding hydrogens is 352 g/mol. The Balaban J connectivity index is 3.68. The number of hydrogen-bond donors (Lipinski definition) is 1. The summed E-state index contributed by atoms with van der Waals surface area (Å²) < 4.78 is 0. The van der Waals surface area contributed by atoms with E-state index in [2.05, 4.69) is 31.2 Å². The predicted molar refractivity (Wildman–Crippen MR) is 134 cm³/mol. The summed E-state index contributed by atoms with van der Waals surface area (Å²) in [6, 6.07) is 0. The van der Waals surface area contributed by atoms with E-state index >= 15 is 0 Å². The number of unbranched alkanes of at least 4 members (excludes halogenated alkanes) is 18. The van der Waals surface area contributed by atoms with Gasteiger partial charge in [-0.1, -0.05) is 136 Å². The highest BCUT2D eigenvalue weighted by atomic mass is 15.5. The Morgan fingerprint density at radius 3 is 1.07 bits per heavy atom. The van der Waals surface area contributed by atoms with E-state index in [1.54, 1.807) is 0 Å². The Kier molecular flexibility index (Phi) is 25.9. The van der Waals surface area contributed by atoms with E-state index in [-0.39, 0.29) is 0 Å². The lowest BCUT2D eigenvalue weighted by Crippen LogP contribution is -2.40. The maximum Gasteiger partial charge on any atom is 0.0130 e. The minimum Gasteiger partial charge on any atom is -0.255 e. The Morgan fingerprint density at radius 2 is 0.690 bits per heavy atom. The average molecular weight is 411 g/mol. The van der Waals surface area contributed by atoms with Crippen molar-refractivity contribution in [2.75, 3.05) is 19.6 Å². The van der Waals surface area contributed by atoms with Gasteiger partial charge in [0.2, 0.25) is 0 Å². The van der Waals surface area contributed by atoms with Crippen molar-refractivity contribution in [2.24, 2.45) is 0 Å². The zero-order valence-corrected chi connectivity index (χ0v) is 20.9. The van der Waals surface area contributed by atoms with Crippen LogP contribution in [-0.4, -0.2) is 24.6 Å². The fourth-order valence-electron chi connectivity index (χ4n) is 4.11. The molecule has 0 aliphatic heterocycles. The minimum atomic E-state index is 1.17. The first-order chi connectivity index (χ1) is 14.3. The van der Waals surface area contributed by atoms with E-state index < -0.39 is 0 Å². The number of nitrogens with zero attached hydrogens (tertiary/aromatic N) is 1. The monoisotopic (exact) mass is 410 g/mol. The van der Waals surface area contributed by atoms with Crippen molar-refractivity contribution in [2.45, 2.75) is 156 Å². The molecule has 0 spiro atoms. The van der Waals surface area contributed by atoms with Crippen LogP contribution in [0.1, 0.15) is 156 Å². The molecule has 0 saturated heterocycles. The van der Waals surface area contributed by atoms with Gasteiger partial charge in [0.25, 0.3) is 0 Å². The van der Waals surface area contributed by atoms with Gasteiger partial charge in [-0.25, -0.2) is 5.01 Å². The van der Waals surface area contributed by atoms with E-state index in [1.165, 1.54) is 154 Å². The third-order valence-electron chi connectivity index (χ3n) is 6.18. The molecule has 0 aromatic rings. The summed E-state index contributed by atoms with van der Waals surface area (Å²) in [5, 5.41) is 2.55. The van der Waals surface area contributed by atoms with Crippen LogP contribution in [-0.2, 0) is 0 Å². The van der Waals surface area contributed by atoms with Gasteiger partial charge >= 0.3 is 0 Å². The molecule has 0 atom stereocenters. The smallest absolute Gasteiger partial charge is 0.0130 e. The molecule has 0 aliphatic rings. The lowest BCUT2D eigenvalue weighted by molar-refractivity contribution is 0.177. The lowest BCUT2D eigenvalue weighted by Gasteiger charge is -2.23. The quantitative estimate of drug-likeness (QED) is 0.119. The van der Waals surface area contributed by atoms with Crippen molar-refractivity contribution >= 4 is 0 Å². The number of rotatable bonds is 25. The second kappa shape index (κ2) is 26.0. The van der Waals surface area contributed by atoms with Gasteiger partial charge in [0.1, 0.15) is 0 Å². The number of hydrogen-bond acceptors (Lipinski definition) is 2. The largest absolute Gasteiger partial charge is 0.255 e. The van der Waals surface area contributed by atoms with Gasteiger partial charge in [-0.2, -0.15) is 0 Å². The molecule has 0 amide bonds. The zero-order valence-electron chi connectivity index (χ0n) is 20.9. The van der Waals surface area contributed by atoms with Crippen LogP contribution >= 0.6 is 0 Å². The van der Waals surface area contributed by atoms with Crippen molar-refractivity contribution in [1.29, 1.82) is 0 Å². The molecular formula is C27H58N2. The molecule has 0 heterocycles. The van der Waals surface area contributed by atoms with Crippen LogP contribution < -0.4 is 5.43 Å². The Hall–Kier alpha value is -0.0800. The molecule has 0 fully saturated rings. The number of nitrogens with one attached hydrogen (secondary N) is 1. The van der Waals surface area contributed by atoms with Crippen molar-refractivity contribution in [1.82, 2.24) is 10.4 Å². The van der Waals surface area contributed by atoms with Gasteiger partial charge in [0, 0.05) is 19.6 Å². The van der Waals surface area contributed by atoms with Crippen LogP contribution in [0, 0.1) is 0 Å². The maximum absolute atomic E-state index is 3.74. The molecule has 2 heteroatoms. The summed E-state index contributed by atoms with van der Waals surface area (Å²) in [5.41, 5.74) is 3.74. The van der Waals surface area contributed by atoms with Gasteiger partial charge in [0.15, 0.2) is 0 Å². The summed E-state index contributed by atoms with van der Waals surface area (Å²) in [4.78, 5) is 0. The second-order valence-electron chi connectivity index (χ2n) is 9.26. The Morgan fingerprint density at radius 1 is 0.379 bits per heavy atom. The molecule has 0 aromatic carbocycles. The number of hydrazine groups is 1. The van der Waals surface area contributed by atoms with Crippen LogP contribution in [0.25, 0.3) is 0 Å². The third kappa shape index (κ3) is 24.1. The summed E-state index contributed by atoms with van der Waals surface area (Å²) >= 11 is 0. The van der Waals surface area contributed by atoms with Crippen LogP contribution in [0.5, 0.6) is 0 Å². The molecule has 2 nitrogen and oxygen atoms in total. The van der Waals surface area contributed by atoms with Gasteiger partial charge < -0.3 is 0 Å². The summed E-state index contributed by atoms with van der Waals surface area (Å²) in [6.45, 7) is 10.6. The van der Waals surface area contributed by atoms with Crippen molar-refractivity contribution in [3.05, 3.63) is 0 Å². The van der Waals surface area contributed by atoms with Crippen molar-refractivity contribution in [3.8, 4) is 0 Å². The summed E-state index contributed by atoms with van der Waals surface area (Å²) in [7, 11) is 0. The zero-order chi connectivity index (χ0) is 21.3. The molecule has 0 saturated carbocycles. The van der Waals surface area contributed by atoms with E-state index in [0.717, 1.165) is 0 Å². The van der Waals surface area contributed by atoms with Gasteiger partial charge in [-0.15, -0.1) is 0 Å².